The van der Waals surface area contributed by atoms with E-state index in [0.717, 1.165) is 6.42 Å². The maximum Gasteiger partial charge on any atom is 0.264 e. The summed E-state index contributed by atoms with van der Waals surface area (Å²) in [5.74, 6) is 0. The molecule has 1 aliphatic carbocycles. The highest BCUT2D eigenvalue weighted by Gasteiger charge is 2.41. The second-order valence-corrected chi connectivity index (χ2v) is 5.37. The minimum absolute atomic E-state index is 0.0512. The van der Waals surface area contributed by atoms with Crippen molar-refractivity contribution in [1.29, 1.82) is 0 Å². The predicted molar refractivity (Wildman–Crippen MR) is 72.3 cm³/mol. The van der Waals surface area contributed by atoms with Crippen LogP contribution < -0.4 is 5.56 Å². The van der Waals surface area contributed by atoms with Gasteiger partial charge in [0, 0.05) is 6.54 Å². The van der Waals surface area contributed by atoms with Gasteiger partial charge in [-0.15, -0.1) is 0 Å². The molecule has 2 N–H and O–H groups in total. The van der Waals surface area contributed by atoms with Gasteiger partial charge >= 0.3 is 0 Å². The maximum absolute atomic E-state index is 12.3. The van der Waals surface area contributed by atoms with Crippen LogP contribution in [-0.2, 0) is 13.1 Å². The van der Waals surface area contributed by atoms with E-state index in [-0.39, 0.29) is 12.1 Å². The molecule has 108 valence electrons. The molecule has 20 heavy (non-hydrogen) atoms. The molecule has 1 unspecified atom stereocenters. The number of nitrogens with zero attached hydrogens (tertiary/aromatic N) is 4. The number of aryl methyl sites for hydroxylation is 1. The molecular formula is C13H18N4O3. The number of hydrogen-bond donors (Lipinski definition) is 2. The summed E-state index contributed by atoms with van der Waals surface area (Å²) in [6.45, 7) is 2.62. The van der Waals surface area contributed by atoms with Gasteiger partial charge in [-0.3, -0.25) is 9.36 Å². The zero-order valence-corrected chi connectivity index (χ0v) is 11.4. The third kappa shape index (κ3) is 1.94. The van der Waals surface area contributed by atoms with Gasteiger partial charge in [-0.1, -0.05) is 0 Å². The lowest BCUT2D eigenvalue weighted by molar-refractivity contribution is -0.130. The molecule has 3 rings (SSSR count). The van der Waals surface area contributed by atoms with Crippen LogP contribution in [0.1, 0.15) is 26.2 Å². The van der Waals surface area contributed by atoms with Gasteiger partial charge in [0.15, 0.2) is 5.65 Å². The zero-order valence-electron chi connectivity index (χ0n) is 11.4. The van der Waals surface area contributed by atoms with E-state index in [0.29, 0.717) is 30.4 Å². The van der Waals surface area contributed by atoms with Crippen LogP contribution in [-0.4, -0.2) is 41.2 Å². The zero-order chi connectivity index (χ0) is 14.3. The largest absolute Gasteiger partial charge is 0.388 e. The van der Waals surface area contributed by atoms with E-state index in [1.54, 1.807) is 4.68 Å². The van der Waals surface area contributed by atoms with Crippen LogP contribution in [0.2, 0.25) is 0 Å². The lowest BCUT2D eigenvalue weighted by Gasteiger charge is -2.40. The highest BCUT2D eigenvalue weighted by Crippen LogP contribution is 2.35. The second-order valence-electron chi connectivity index (χ2n) is 5.37. The molecule has 0 aromatic carbocycles. The number of aliphatic hydroxyl groups is 2. The van der Waals surface area contributed by atoms with E-state index in [2.05, 4.69) is 10.1 Å². The van der Waals surface area contributed by atoms with E-state index in [9.17, 15) is 15.0 Å². The normalized spacial score (nSPS) is 18.9. The number of rotatable bonds is 4. The van der Waals surface area contributed by atoms with E-state index in [1.807, 2.05) is 6.92 Å². The Bertz CT molecular complexity index is 686. The van der Waals surface area contributed by atoms with Gasteiger partial charge in [0.2, 0.25) is 0 Å². The molecule has 1 atom stereocenters. The van der Waals surface area contributed by atoms with Gasteiger partial charge in [0.1, 0.15) is 17.8 Å². The molecule has 7 heteroatoms. The van der Waals surface area contributed by atoms with Crippen LogP contribution >= 0.6 is 0 Å². The predicted octanol–water partition coefficient (Wildman–Crippen LogP) is -0.111. The van der Waals surface area contributed by atoms with Crippen molar-refractivity contribution in [2.24, 2.45) is 0 Å². The Balaban J connectivity index is 1.93. The summed E-state index contributed by atoms with van der Waals surface area (Å²) in [7, 11) is 0. The Morgan fingerprint density at radius 1 is 1.50 bits per heavy atom. The van der Waals surface area contributed by atoms with Gasteiger partial charge in [-0.05, 0) is 26.2 Å². The molecule has 1 fully saturated rings. The van der Waals surface area contributed by atoms with Crippen molar-refractivity contribution in [3.63, 3.8) is 0 Å². The average Bonchev–Trinajstić information content (AvgIpc) is 2.82. The summed E-state index contributed by atoms with van der Waals surface area (Å²) >= 11 is 0. The van der Waals surface area contributed by atoms with Crippen molar-refractivity contribution in [2.75, 3.05) is 0 Å². The van der Waals surface area contributed by atoms with E-state index in [4.69, 9.17) is 0 Å². The highest BCUT2D eigenvalue weighted by atomic mass is 16.3. The topological polar surface area (TPSA) is 93.2 Å². The number of aromatic nitrogens is 4. The Kier molecular flexibility index (Phi) is 3.10. The first kappa shape index (κ1) is 13.3. The van der Waals surface area contributed by atoms with E-state index < -0.39 is 11.7 Å². The van der Waals surface area contributed by atoms with Gasteiger partial charge in [0.25, 0.3) is 5.56 Å². The van der Waals surface area contributed by atoms with Gasteiger partial charge < -0.3 is 10.2 Å². The van der Waals surface area contributed by atoms with Gasteiger partial charge in [0.05, 0.1) is 18.3 Å². The molecule has 7 nitrogen and oxygen atoms in total. The van der Waals surface area contributed by atoms with Crippen molar-refractivity contribution in [3.05, 3.63) is 22.9 Å². The third-order valence-corrected chi connectivity index (χ3v) is 4.13. The second kappa shape index (κ2) is 4.68. The average molecular weight is 278 g/mol. The first-order valence-electron chi connectivity index (χ1n) is 6.86. The molecule has 2 heterocycles. The molecule has 0 saturated heterocycles. The molecule has 2 aromatic rings. The van der Waals surface area contributed by atoms with Crippen LogP contribution in [0.15, 0.2) is 17.3 Å². The molecule has 2 aromatic heterocycles. The summed E-state index contributed by atoms with van der Waals surface area (Å²) in [4.78, 5) is 16.5. The van der Waals surface area contributed by atoms with Gasteiger partial charge in [-0.25, -0.2) is 9.67 Å². The third-order valence-electron chi connectivity index (χ3n) is 4.13. The molecule has 0 radical (unpaired) electrons. The summed E-state index contributed by atoms with van der Waals surface area (Å²) in [5, 5.41) is 24.7. The lowest BCUT2D eigenvalue weighted by Crippen LogP contribution is -2.50. The molecule has 0 spiro atoms. The van der Waals surface area contributed by atoms with Crippen LogP contribution in [0.5, 0.6) is 0 Å². The molecule has 0 aliphatic heterocycles. The standard InChI is InChI=1S/C13H18N4O3/c1-2-17-11-9(6-15-17)12(19)16(8-14-11)7-10(18)13(20)4-3-5-13/h6,8,10,18,20H,2-5,7H2,1H3. The van der Waals surface area contributed by atoms with Crippen LogP contribution in [0.25, 0.3) is 11.0 Å². The Hall–Kier alpha value is -1.73. The van der Waals surface area contributed by atoms with Crippen molar-refractivity contribution in [3.8, 4) is 0 Å². The SMILES string of the molecule is CCn1ncc2c(=O)n(CC(O)C3(O)CCC3)cnc21. The monoisotopic (exact) mass is 278 g/mol. The quantitative estimate of drug-likeness (QED) is 0.814. The minimum Gasteiger partial charge on any atom is -0.388 e. The molecular weight excluding hydrogens is 260 g/mol. The Morgan fingerprint density at radius 2 is 2.25 bits per heavy atom. The number of aliphatic hydroxyl groups excluding tert-OH is 1. The Labute approximate surface area is 115 Å². The summed E-state index contributed by atoms with van der Waals surface area (Å²) in [5.41, 5.74) is -0.746. The fourth-order valence-electron chi connectivity index (χ4n) is 2.59. The molecule has 1 aliphatic rings. The molecule has 1 saturated carbocycles. The first-order valence-corrected chi connectivity index (χ1v) is 6.86. The summed E-state index contributed by atoms with van der Waals surface area (Å²) in [6.07, 6.45) is 4.01. The molecule has 0 bridgehead atoms. The minimum atomic E-state index is -1.05. The van der Waals surface area contributed by atoms with E-state index >= 15 is 0 Å². The molecule has 0 amide bonds. The van der Waals surface area contributed by atoms with Crippen LogP contribution in [0.4, 0.5) is 0 Å². The Morgan fingerprint density at radius 3 is 2.85 bits per heavy atom. The smallest absolute Gasteiger partial charge is 0.264 e. The van der Waals surface area contributed by atoms with Crippen molar-refractivity contribution in [2.45, 2.75) is 51.0 Å². The fraction of sp³-hybridized carbons (Fsp3) is 0.615. The van der Waals surface area contributed by atoms with Crippen molar-refractivity contribution < 1.29 is 10.2 Å². The summed E-state index contributed by atoms with van der Waals surface area (Å²) < 4.78 is 2.99. The first-order chi connectivity index (χ1) is 9.55. The lowest BCUT2D eigenvalue weighted by atomic mass is 9.76. The van der Waals surface area contributed by atoms with Gasteiger partial charge in [-0.2, -0.15) is 5.10 Å². The van der Waals surface area contributed by atoms with E-state index in [1.165, 1.54) is 17.1 Å². The van der Waals surface area contributed by atoms with Crippen molar-refractivity contribution >= 4 is 11.0 Å². The van der Waals surface area contributed by atoms with Crippen molar-refractivity contribution in [1.82, 2.24) is 19.3 Å². The highest BCUT2D eigenvalue weighted by molar-refractivity contribution is 5.72. The maximum atomic E-state index is 12.3. The van der Waals surface area contributed by atoms with Crippen LogP contribution in [0, 0.1) is 0 Å². The summed E-state index contributed by atoms with van der Waals surface area (Å²) in [6, 6.07) is 0. The number of fused-ring (bicyclic) bond motifs is 1. The fourth-order valence-corrected chi connectivity index (χ4v) is 2.59. The number of hydrogen-bond acceptors (Lipinski definition) is 5. The van der Waals surface area contributed by atoms with Crippen LogP contribution in [0.3, 0.4) is 0 Å².